The molecule has 1 aromatic rings. The van der Waals surface area contributed by atoms with Crippen molar-refractivity contribution < 1.29 is 14.6 Å². The average Bonchev–Trinajstić information content (AvgIpc) is 2.91. The van der Waals surface area contributed by atoms with Crippen LogP contribution in [0.5, 0.6) is 0 Å². The Kier molecular flexibility index (Phi) is 3.48. The number of hydrogen-bond donors (Lipinski definition) is 2. The lowest BCUT2D eigenvalue weighted by atomic mass is 9.81. The van der Waals surface area contributed by atoms with E-state index in [1.807, 2.05) is 30.3 Å². The van der Waals surface area contributed by atoms with Gasteiger partial charge in [0.15, 0.2) is 5.79 Å². The summed E-state index contributed by atoms with van der Waals surface area (Å²) in [6, 6.07) is 9.98. The molecule has 1 heterocycles. The quantitative estimate of drug-likeness (QED) is 0.877. The smallest absolute Gasteiger partial charge is 0.168 e. The van der Waals surface area contributed by atoms with Crippen molar-refractivity contribution in [2.45, 2.75) is 37.1 Å². The molecule has 104 valence electrons. The summed E-state index contributed by atoms with van der Waals surface area (Å²) in [5.41, 5.74) is 0.390. The second kappa shape index (κ2) is 5.12. The highest BCUT2D eigenvalue weighted by Crippen LogP contribution is 2.40. The Hall–Kier alpha value is -1.10. The summed E-state index contributed by atoms with van der Waals surface area (Å²) < 4.78 is 11.4. The summed E-state index contributed by atoms with van der Waals surface area (Å²) in [5, 5.41) is 13.9. The number of benzene rings is 1. The molecule has 0 unspecified atom stereocenters. The summed E-state index contributed by atoms with van der Waals surface area (Å²) in [5.74, 6) is -0.404. The Morgan fingerprint density at radius 1 is 1.00 bits per heavy atom. The van der Waals surface area contributed by atoms with Gasteiger partial charge in [-0.15, -0.1) is 0 Å². The van der Waals surface area contributed by atoms with E-state index in [1.54, 1.807) is 0 Å². The maximum atomic E-state index is 10.6. The minimum Gasteiger partial charge on any atom is -0.388 e. The maximum absolute atomic E-state index is 10.6. The minimum atomic E-state index is -0.656. The predicted molar refractivity (Wildman–Crippen MR) is 73.0 cm³/mol. The molecule has 3 rings (SSSR count). The Bertz CT molecular complexity index is 405. The molecule has 2 fully saturated rings. The molecule has 1 saturated heterocycles. The summed E-state index contributed by atoms with van der Waals surface area (Å²) in [4.78, 5) is 0. The van der Waals surface area contributed by atoms with Gasteiger partial charge >= 0.3 is 0 Å². The van der Waals surface area contributed by atoms with Crippen molar-refractivity contribution in [3.05, 3.63) is 30.3 Å². The third kappa shape index (κ3) is 2.91. The summed E-state index contributed by atoms with van der Waals surface area (Å²) >= 11 is 0. The van der Waals surface area contributed by atoms with Crippen LogP contribution in [0.25, 0.3) is 0 Å². The normalized spacial score (nSPS) is 24.5. The van der Waals surface area contributed by atoms with Crippen LogP contribution < -0.4 is 5.32 Å². The van der Waals surface area contributed by atoms with Gasteiger partial charge in [-0.25, -0.2) is 0 Å². The van der Waals surface area contributed by atoms with Gasteiger partial charge in [-0.3, -0.25) is 0 Å². The molecule has 19 heavy (non-hydrogen) atoms. The van der Waals surface area contributed by atoms with Gasteiger partial charge in [-0.2, -0.15) is 0 Å². The molecule has 2 N–H and O–H groups in total. The van der Waals surface area contributed by atoms with Gasteiger partial charge < -0.3 is 19.9 Å². The molecule has 0 bridgehead atoms. The molecule has 0 amide bonds. The number of hydrogen-bond acceptors (Lipinski definition) is 4. The van der Waals surface area contributed by atoms with Gasteiger partial charge in [0.05, 0.1) is 18.8 Å². The molecule has 1 saturated carbocycles. The molecule has 0 aromatic heterocycles. The second-order valence-corrected chi connectivity index (χ2v) is 5.55. The number of rotatable bonds is 3. The van der Waals surface area contributed by atoms with Gasteiger partial charge in [-0.1, -0.05) is 18.2 Å². The van der Waals surface area contributed by atoms with E-state index < -0.39 is 11.4 Å². The largest absolute Gasteiger partial charge is 0.388 e. The molecule has 0 atom stereocenters. The predicted octanol–water partition coefficient (Wildman–Crippen LogP) is 2.15. The first-order chi connectivity index (χ1) is 9.20. The standard InChI is InChI=1S/C15H21NO3/c17-14(12-16-13-4-2-1-3-5-13)6-8-15(9-7-14)18-10-11-19-15/h1-5,16-17H,6-12H2. The topological polar surface area (TPSA) is 50.7 Å². The summed E-state index contributed by atoms with van der Waals surface area (Å²) in [7, 11) is 0. The number of aliphatic hydroxyl groups is 1. The van der Waals surface area contributed by atoms with Gasteiger partial charge in [0.1, 0.15) is 0 Å². The maximum Gasteiger partial charge on any atom is 0.168 e. The van der Waals surface area contributed by atoms with Gasteiger partial charge in [0, 0.05) is 25.1 Å². The highest BCUT2D eigenvalue weighted by atomic mass is 16.7. The molecular formula is C15H21NO3. The summed E-state index contributed by atoms with van der Waals surface area (Å²) in [6.07, 6.45) is 2.99. The van der Waals surface area contributed by atoms with E-state index in [1.165, 1.54) is 0 Å². The van der Waals surface area contributed by atoms with Crippen LogP contribution in [0.15, 0.2) is 30.3 Å². The monoisotopic (exact) mass is 263 g/mol. The van der Waals surface area contributed by atoms with Crippen molar-refractivity contribution in [1.82, 2.24) is 0 Å². The molecule has 1 aliphatic heterocycles. The number of nitrogens with one attached hydrogen (secondary N) is 1. The zero-order valence-corrected chi connectivity index (χ0v) is 11.1. The van der Waals surface area contributed by atoms with E-state index in [0.29, 0.717) is 32.6 Å². The van der Waals surface area contributed by atoms with E-state index in [2.05, 4.69) is 5.32 Å². The van der Waals surface area contributed by atoms with Crippen LogP contribution in [0.1, 0.15) is 25.7 Å². The molecule has 4 heteroatoms. The first kappa shape index (κ1) is 12.9. The van der Waals surface area contributed by atoms with E-state index in [4.69, 9.17) is 9.47 Å². The van der Waals surface area contributed by atoms with E-state index in [9.17, 15) is 5.11 Å². The minimum absolute atomic E-state index is 0.404. The number of anilines is 1. The first-order valence-corrected chi connectivity index (χ1v) is 6.99. The van der Waals surface area contributed by atoms with Crippen LogP contribution in [0, 0.1) is 0 Å². The molecule has 2 aliphatic rings. The lowest BCUT2D eigenvalue weighted by Crippen LogP contribution is -2.47. The third-order valence-corrected chi connectivity index (χ3v) is 4.15. The fourth-order valence-electron chi connectivity index (χ4n) is 2.88. The number of para-hydroxylation sites is 1. The molecule has 1 spiro atoms. The van der Waals surface area contributed by atoms with Crippen molar-refractivity contribution >= 4 is 5.69 Å². The van der Waals surface area contributed by atoms with Crippen LogP contribution in [0.3, 0.4) is 0 Å². The van der Waals surface area contributed by atoms with E-state index in [0.717, 1.165) is 18.5 Å². The van der Waals surface area contributed by atoms with Crippen molar-refractivity contribution in [1.29, 1.82) is 0 Å². The van der Waals surface area contributed by atoms with Crippen LogP contribution in [-0.4, -0.2) is 36.3 Å². The fourth-order valence-corrected chi connectivity index (χ4v) is 2.88. The first-order valence-electron chi connectivity index (χ1n) is 6.99. The fraction of sp³-hybridized carbons (Fsp3) is 0.600. The zero-order valence-electron chi connectivity index (χ0n) is 11.1. The van der Waals surface area contributed by atoms with Crippen LogP contribution >= 0.6 is 0 Å². The molecule has 4 nitrogen and oxygen atoms in total. The average molecular weight is 263 g/mol. The van der Waals surface area contributed by atoms with Crippen molar-refractivity contribution in [3.63, 3.8) is 0 Å². The highest BCUT2D eigenvalue weighted by Gasteiger charge is 2.45. The molecular weight excluding hydrogens is 242 g/mol. The van der Waals surface area contributed by atoms with Crippen molar-refractivity contribution in [2.75, 3.05) is 25.1 Å². The van der Waals surface area contributed by atoms with Crippen molar-refractivity contribution in [2.24, 2.45) is 0 Å². The van der Waals surface area contributed by atoms with E-state index >= 15 is 0 Å². The van der Waals surface area contributed by atoms with Gasteiger partial charge in [-0.05, 0) is 25.0 Å². The lowest BCUT2D eigenvalue weighted by Gasteiger charge is -2.40. The second-order valence-electron chi connectivity index (χ2n) is 5.55. The zero-order chi connectivity index (χ0) is 13.2. The SMILES string of the molecule is OC1(CNc2ccccc2)CCC2(CC1)OCCO2. The Labute approximate surface area is 113 Å². The Balaban J connectivity index is 1.54. The third-order valence-electron chi connectivity index (χ3n) is 4.15. The Morgan fingerprint density at radius 2 is 1.63 bits per heavy atom. The van der Waals surface area contributed by atoms with Crippen LogP contribution in [0.4, 0.5) is 5.69 Å². The molecule has 1 aliphatic carbocycles. The number of ether oxygens (including phenoxy) is 2. The van der Waals surface area contributed by atoms with Crippen molar-refractivity contribution in [3.8, 4) is 0 Å². The molecule has 0 radical (unpaired) electrons. The van der Waals surface area contributed by atoms with Gasteiger partial charge in [0.2, 0.25) is 0 Å². The lowest BCUT2D eigenvalue weighted by molar-refractivity contribution is -0.200. The van der Waals surface area contributed by atoms with Gasteiger partial charge in [0.25, 0.3) is 0 Å². The van der Waals surface area contributed by atoms with E-state index in [-0.39, 0.29) is 0 Å². The Morgan fingerprint density at radius 3 is 2.26 bits per heavy atom. The summed E-state index contributed by atoms with van der Waals surface area (Å²) in [6.45, 7) is 1.94. The molecule has 1 aromatic carbocycles. The highest BCUT2D eigenvalue weighted by molar-refractivity contribution is 5.42. The van der Waals surface area contributed by atoms with Crippen LogP contribution in [-0.2, 0) is 9.47 Å². The van der Waals surface area contributed by atoms with Crippen LogP contribution in [0.2, 0.25) is 0 Å².